The van der Waals surface area contributed by atoms with Gasteiger partial charge in [0.1, 0.15) is 4.32 Å². The number of thioether (sulfide) groups is 1. The van der Waals surface area contributed by atoms with E-state index in [0.29, 0.717) is 6.04 Å². The highest BCUT2D eigenvalue weighted by Crippen LogP contribution is 2.21. The average Bonchev–Trinajstić information content (AvgIpc) is 2.65. The molecule has 0 aromatic rings. The lowest BCUT2D eigenvalue weighted by Gasteiger charge is -2.39. The summed E-state index contributed by atoms with van der Waals surface area (Å²) in [6.07, 6.45) is 0. The molecule has 3 unspecified atom stereocenters. The SMILES string of the molecule is CC1C(C)S(=O)CCN1CN1CCSC1=S. The van der Waals surface area contributed by atoms with E-state index in [2.05, 4.69) is 23.6 Å². The molecule has 0 N–H and O–H groups in total. The third kappa shape index (κ3) is 2.60. The molecule has 2 aliphatic heterocycles. The Hall–Kier alpha value is 0.350. The number of hydrogen-bond acceptors (Lipinski definition) is 4. The van der Waals surface area contributed by atoms with Crippen LogP contribution in [0.3, 0.4) is 0 Å². The molecular formula is C10H18N2OS3. The Bertz CT molecular complexity index is 310. The van der Waals surface area contributed by atoms with Gasteiger partial charge in [0.2, 0.25) is 0 Å². The average molecular weight is 278 g/mol. The molecule has 0 saturated carbocycles. The Labute approximate surface area is 109 Å². The zero-order valence-electron chi connectivity index (χ0n) is 9.72. The van der Waals surface area contributed by atoms with Gasteiger partial charge in [-0.1, -0.05) is 24.0 Å². The lowest BCUT2D eigenvalue weighted by atomic mass is 10.2. The van der Waals surface area contributed by atoms with Gasteiger partial charge in [0.15, 0.2) is 0 Å². The maximum absolute atomic E-state index is 11.7. The van der Waals surface area contributed by atoms with Crippen molar-refractivity contribution >= 4 is 39.1 Å². The maximum Gasteiger partial charge on any atom is 0.137 e. The summed E-state index contributed by atoms with van der Waals surface area (Å²) in [5, 5.41) is 0.276. The standard InChI is InChI=1S/C10H18N2OS3/c1-8-9(2)16(13)6-4-11(8)7-12-3-5-15-10(12)14/h8-9H,3-7H2,1-2H3. The van der Waals surface area contributed by atoms with Gasteiger partial charge >= 0.3 is 0 Å². The molecule has 0 spiro atoms. The number of rotatable bonds is 2. The van der Waals surface area contributed by atoms with Crippen LogP contribution in [0.25, 0.3) is 0 Å². The van der Waals surface area contributed by atoms with Crippen molar-refractivity contribution in [3.05, 3.63) is 0 Å². The van der Waals surface area contributed by atoms with E-state index in [4.69, 9.17) is 12.2 Å². The molecular weight excluding hydrogens is 260 g/mol. The minimum Gasteiger partial charge on any atom is -0.344 e. The highest BCUT2D eigenvalue weighted by atomic mass is 32.2. The predicted octanol–water partition coefficient (Wildman–Crippen LogP) is 1.12. The van der Waals surface area contributed by atoms with Crippen LogP contribution in [0.1, 0.15) is 13.8 Å². The molecule has 0 radical (unpaired) electrons. The first-order valence-electron chi connectivity index (χ1n) is 5.62. The second-order valence-electron chi connectivity index (χ2n) is 4.36. The van der Waals surface area contributed by atoms with E-state index in [1.165, 1.54) is 0 Å². The molecule has 6 heteroatoms. The van der Waals surface area contributed by atoms with E-state index in [1.807, 2.05) is 0 Å². The maximum atomic E-state index is 11.7. The van der Waals surface area contributed by atoms with Gasteiger partial charge in [0.25, 0.3) is 0 Å². The van der Waals surface area contributed by atoms with Gasteiger partial charge in [0.05, 0.1) is 6.67 Å². The van der Waals surface area contributed by atoms with Crippen LogP contribution in [0.2, 0.25) is 0 Å². The summed E-state index contributed by atoms with van der Waals surface area (Å²) >= 11 is 7.07. The largest absolute Gasteiger partial charge is 0.344 e. The third-order valence-electron chi connectivity index (χ3n) is 3.45. The van der Waals surface area contributed by atoms with Crippen LogP contribution in [0, 0.1) is 0 Å². The Morgan fingerprint density at radius 3 is 2.88 bits per heavy atom. The zero-order chi connectivity index (χ0) is 11.7. The minimum absolute atomic E-state index is 0.276. The van der Waals surface area contributed by atoms with Crippen LogP contribution < -0.4 is 0 Å². The van der Waals surface area contributed by atoms with Crippen molar-refractivity contribution in [2.75, 3.05) is 31.3 Å². The molecule has 2 aliphatic rings. The first-order chi connectivity index (χ1) is 7.59. The molecule has 0 bridgehead atoms. The molecule has 92 valence electrons. The molecule has 2 saturated heterocycles. The molecule has 2 rings (SSSR count). The summed E-state index contributed by atoms with van der Waals surface area (Å²) in [4.78, 5) is 4.67. The normalized spacial score (nSPS) is 37.0. The van der Waals surface area contributed by atoms with Gasteiger partial charge in [-0.15, -0.1) is 0 Å². The summed E-state index contributed by atoms with van der Waals surface area (Å²) in [5.41, 5.74) is 0. The molecule has 16 heavy (non-hydrogen) atoms. The second-order valence-corrected chi connectivity index (χ2v) is 8.00. The molecule has 0 aromatic heterocycles. The van der Waals surface area contributed by atoms with E-state index in [-0.39, 0.29) is 5.25 Å². The molecule has 3 atom stereocenters. The van der Waals surface area contributed by atoms with Crippen molar-refractivity contribution in [1.29, 1.82) is 0 Å². The number of hydrogen-bond donors (Lipinski definition) is 0. The van der Waals surface area contributed by atoms with Gasteiger partial charge in [-0.05, 0) is 13.8 Å². The van der Waals surface area contributed by atoms with Gasteiger partial charge in [-0.3, -0.25) is 9.11 Å². The highest BCUT2D eigenvalue weighted by molar-refractivity contribution is 8.23. The molecule has 3 nitrogen and oxygen atoms in total. The van der Waals surface area contributed by atoms with Gasteiger partial charge in [-0.2, -0.15) is 0 Å². The Balaban J connectivity index is 1.94. The Kier molecular flexibility index (Phi) is 4.26. The lowest BCUT2D eigenvalue weighted by molar-refractivity contribution is 0.150. The van der Waals surface area contributed by atoms with Crippen molar-refractivity contribution in [2.45, 2.75) is 25.1 Å². The fraction of sp³-hybridized carbons (Fsp3) is 0.900. The first-order valence-corrected chi connectivity index (χ1v) is 8.40. The van der Waals surface area contributed by atoms with E-state index < -0.39 is 10.8 Å². The monoisotopic (exact) mass is 278 g/mol. The number of thiocarbonyl (C=S) groups is 1. The van der Waals surface area contributed by atoms with Crippen molar-refractivity contribution in [1.82, 2.24) is 9.80 Å². The predicted molar refractivity (Wildman–Crippen MR) is 75.3 cm³/mol. The van der Waals surface area contributed by atoms with Crippen molar-refractivity contribution in [3.63, 3.8) is 0 Å². The van der Waals surface area contributed by atoms with Gasteiger partial charge < -0.3 is 4.90 Å². The van der Waals surface area contributed by atoms with E-state index in [0.717, 1.165) is 35.6 Å². The molecule has 2 fully saturated rings. The summed E-state index contributed by atoms with van der Waals surface area (Å²) in [6, 6.07) is 0.392. The molecule has 0 amide bonds. The Morgan fingerprint density at radius 1 is 1.50 bits per heavy atom. The van der Waals surface area contributed by atoms with E-state index in [9.17, 15) is 4.21 Å². The van der Waals surface area contributed by atoms with Crippen molar-refractivity contribution < 1.29 is 4.21 Å². The van der Waals surface area contributed by atoms with Crippen molar-refractivity contribution in [2.24, 2.45) is 0 Å². The first kappa shape index (κ1) is 12.8. The fourth-order valence-electron chi connectivity index (χ4n) is 2.09. The second kappa shape index (κ2) is 5.33. The molecule has 2 heterocycles. The summed E-state index contributed by atoms with van der Waals surface area (Å²) in [7, 11) is -0.646. The van der Waals surface area contributed by atoms with E-state index in [1.54, 1.807) is 11.8 Å². The number of nitrogens with zero attached hydrogens (tertiary/aromatic N) is 2. The summed E-state index contributed by atoms with van der Waals surface area (Å²) in [6.45, 7) is 7.17. The minimum atomic E-state index is -0.646. The fourth-order valence-corrected chi connectivity index (χ4v) is 4.70. The van der Waals surface area contributed by atoms with Crippen LogP contribution in [-0.2, 0) is 10.8 Å². The van der Waals surface area contributed by atoms with Crippen LogP contribution in [0.5, 0.6) is 0 Å². The smallest absolute Gasteiger partial charge is 0.137 e. The molecule has 0 aromatic carbocycles. The zero-order valence-corrected chi connectivity index (χ0v) is 12.2. The van der Waals surface area contributed by atoms with Crippen LogP contribution in [0.15, 0.2) is 0 Å². The highest BCUT2D eigenvalue weighted by Gasteiger charge is 2.31. The Morgan fingerprint density at radius 2 is 2.25 bits per heavy atom. The van der Waals surface area contributed by atoms with Crippen molar-refractivity contribution in [3.8, 4) is 0 Å². The molecule has 0 aliphatic carbocycles. The third-order valence-corrected chi connectivity index (χ3v) is 6.76. The van der Waals surface area contributed by atoms with Crippen LogP contribution in [-0.4, -0.2) is 60.9 Å². The summed E-state index contributed by atoms with van der Waals surface area (Å²) < 4.78 is 12.7. The lowest BCUT2D eigenvalue weighted by Crippen LogP contribution is -2.53. The topological polar surface area (TPSA) is 23.6 Å². The van der Waals surface area contributed by atoms with E-state index >= 15 is 0 Å². The van der Waals surface area contributed by atoms with Crippen LogP contribution in [0.4, 0.5) is 0 Å². The van der Waals surface area contributed by atoms with Gasteiger partial charge in [0, 0.05) is 46.7 Å². The van der Waals surface area contributed by atoms with Gasteiger partial charge in [-0.25, -0.2) is 0 Å². The van der Waals surface area contributed by atoms with Crippen LogP contribution >= 0.6 is 24.0 Å². The summed E-state index contributed by atoms with van der Waals surface area (Å²) in [5.74, 6) is 1.92. The quantitative estimate of drug-likeness (QED) is 0.705.